The number of pyridine rings is 2. The first-order valence-electron chi connectivity index (χ1n) is 12.5. The zero-order valence-electron chi connectivity index (χ0n) is 20.3. The van der Waals surface area contributed by atoms with Gasteiger partial charge in [0.2, 0.25) is 15.9 Å². The highest BCUT2D eigenvalue weighted by atomic mass is 32.2. The zero-order chi connectivity index (χ0) is 25.8. The largest absolute Gasteiger partial charge is 0.506 e. The Bertz CT molecular complexity index is 1370. The molecular formula is C26H30N4O5S2. The van der Waals surface area contributed by atoms with Crippen LogP contribution in [0.25, 0.3) is 10.9 Å². The first-order valence-corrected chi connectivity index (χ1v) is 15.1. The van der Waals surface area contributed by atoms with Crippen LogP contribution in [-0.4, -0.2) is 59.1 Å². The molecular weight excluding hydrogens is 512 g/mol. The van der Waals surface area contributed by atoms with E-state index in [2.05, 4.69) is 20.0 Å². The predicted molar refractivity (Wildman–Crippen MR) is 142 cm³/mol. The number of hydrogen-bond donors (Lipinski definition) is 3. The highest BCUT2D eigenvalue weighted by molar-refractivity contribution is 7.99. The average molecular weight is 543 g/mol. The van der Waals surface area contributed by atoms with Crippen molar-refractivity contribution < 1.29 is 23.1 Å². The molecule has 0 bridgehead atoms. The number of sulfonamides is 1. The number of aromatic nitrogens is 2. The Labute approximate surface area is 220 Å². The second-order valence-electron chi connectivity index (χ2n) is 9.42. The summed E-state index contributed by atoms with van der Waals surface area (Å²) < 4.78 is 35.2. The lowest BCUT2D eigenvalue weighted by Crippen LogP contribution is -2.44. The van der Waals surface area contributed by atoms with Crippen LogP contribution in [0.4, 0.5) is 0 Å². The number of carbonyl (C=O) groups is 1. The lowest BCUT2D eigenvalue weighted by Gasteiger charge is -2.30. The molecule has 1 aliphatic heterocycles. The van der Waals surface area contributed by atoms with Crippen LogP contribution < -0.4 is 14.8 Å². The molecule has 1 aromatic carbocycles. The van der Waals surface area contributed by atoms with E-state index in [0.717, 1.165) is 24.3 Å². The number of ether oxygens (including phenoxy) is 1. The smallest absolute Gasteiger partial charge is 0.256 e. The van der Waals surface area contributed by atoms with Crippen molar-refractivity contribution in [2.75, 3.05) is 11.5 Å². The summed E-state index contributed by atoms with van der Waals surface area (Å²) >= 11 is 1.91. The van der Waals surface area contributed by atoms with Gasteiger partial charge in [0.15, 0.2) is 0 Å². The predicted octanol–water partition coefficient (Wildman–Crippen LogP) is 3.63. The summed E-state index contributed by atoms with van der Waals surface area (Å²) in [7, 11) is -4.00. The van der Waals surface area contributed by atoms with Crippen LogP contribution in [0.3, 0.4) is 0 Å². The molecule has 9 nitrogen and oxygen atoms in total. The SMILES string of the molecule is O=C(NC1CCC(NS(=O)(=O)c2c(O)ccc3cccnc23)CC1)c1cccnc1OC1CCSCC1. The molecule has 3 N–H and O–H groups in total. The van der Waals surface area contributed by atoms with E-state index in [0.29, 0.717) is 42.5 Å². The number of carbonyl (C=O) groups excluding carboxylic acids is 1. The van der Waals surface area contributed by atoms with Gasteiger partial charge in [0.25, 0.3) is 5.91 Å². The Kier molecular flexibility index (Phi) is 7.82. The van der Waals surface area contributed by atoms with Crippen LogP contribution in [0, 0.1) is 0 Å². The number of fused-ring (bicyclic) bond motifs is 1. The maximum absolute atomic E-state index is 13.2. The summed E-state index contributed by atoms with van der Waals surface area (Å²) in [6.45, 7) is 0. The van der Waals surface area contributed by atoms with E-state index in [1.54, 1.807) is 36.5 Å². The molecule has 0 unspecified atom stereocenters. The van der Waals surface area contributed by atoms with E-state index in [9.17, 15) is 18.3 Å². The fraction of sp³-hybridized carbons (Fsp3) is 0.423. The molecule has 1 saturated carbocycles. The number of nitrogens with zero attached hydrogens (tertiary/aromatic N) is 2. The van der Waals surface area contributed by atoms with Gasteiger partial charge < -0.3 is 15.2 Å². The van der Waals surface area contributed by atoms with Crippen LogP contribution >= 0.6 is 11.8 Å². The number of thioether (sulfide) groups is 1. The van der Waals surface area contributed by atoms with Gasteiger partial charge in [0.1, 0.15) is 22.3 Å². The minimum absolute atomic E-state index is 0.0718. The second kappa shape index (κ2) is 11.2. The quantitative estimate of drug-likeness (QED) is 0.413. The highest BCUT2D eigenvalue weighted by Gasteiger charge is 2.30. The molecule has 3 heterocycles. The van der Waals surface area contributed by atoms with E-state index in [4.69, 9.17) is 4.74 Å². The molecule has 2 aromatic heterocycles. The average Bonchev–Trinajstić information content (AvgIpc) is 2.90. The molecule has 37 heavy (non-hydrogen) atoms. The van der Waals surface area contributed by atoms with Crippen molar-refractivity contribution in [3.05, 3.63) is 54.4 Å². The minimum atomic E-state index is -4.00. The van der Waals surface area contributed by atoms with Gasteiger partial charge in [-0.15, -0.1) is 0 Å². The molecule has 0 spiro atoms. The maximum atomic E-state index is 13.2. The van der Waals surface area contributed by atoms with Crippen LogP contribution in [0.5, 0.6) is 11.6 Å². The standard InChI is InChI=1S/C26H30N4O5S2/c31-22-10-5-17-3-1-13-27-23(17)24(22)37(33,34)30-19-8-6-18(7-9-19)29-25(32)21-4-2-14-28-26(21)35-20-11-15-36-16-12-20/h1-5,10,13-14,18-20,30-31H,6-9,11-12,15-16H2,(H,29,32). The number of benzene rings is 1. The molecule has 2 fully saturated rings. The zero-order valence-corrected chi connectivity index (χ0v) is 21.9. The minimum Gasteiger partial charge on any atom is -0.506 e. The van der Waals surface area contributed by atoms with Gasteiger partial charge in [0.05, 0.1) is 5.52 Å². The summed E-state index contributed by atoms with van der Waals surface area (Å²) in [6, 6.07) is 9.53. The number of hydrogen-bond acceptors (Lipinski definition) is 8. The fourth-order valence-corrected chi connectivity index (χ4v) is 7.50. The first kappa shape index (κ1) is 25.7. The van der Waals surface area contributed by atoms with Crippen molar-refractivity contribution in [2.24, 2.45) is 0 Å². The van der Waals surface area contributed by atoms with E-state index >= 15 is 0 Å². The fourth-order valence-electron chi connectivity index (χ4n) is 4.88. The topological polar surface area (TPSA) is 131 Å². The van der Waals surface area contributed by atoms with Crippen molar-refractivity contribution in [3.63, 3.8) is 0 Å². The van der Waals surface area contributed by atoms with E-state index in [1.807, 2.05) is 11.8 Å². The second-order valence-corrected chi connectivity index (χ2v) is 12.3. The molecule has 2 aliphatic rings. The van der Waals surface area contributed by atoms with Gasteiger partial charge in [-0.2, -0.15) is 11.8 Å². The number of rotatable bonds is 7. The Morgan fingerprint density at radius 1 is 0.946 bits per heavy atom. The lowest BCUT2D eigenvalue weighted by atomic mass is 9.91. The Hall–Kier alpha value is -2.89. The highest BCUT2D eigenvalue weighted by Crippen LogP contribution is 2.31. The normalized spacial score (nSPS) is 21.0. The van der Waals surface area contributed by atoms with E-state index in [1.165, 1.54) is 12.3 Å². The molecule has 11 heteroatoms. The van der Waals surface area contributed by atoms with Crippen molar-refractivity contribution in [2.45, 2.75) is 61.6 Å². The van der Waals surface area contributed by atoms with Crippen LogP contribution in [0.2, 0.25) is 0 Å². The molecule has 1 aliphatic carbocycles. The molecule has 3 aromatic rings. The third-order valence-electron chi connectivity index (χ3n) is 6.82. The van der Waals surface area contributed by atoms with Gasteiger partial charge in [0, 0.05) is 29.9 Å². The number of phenols is 1. The van der Waals surface area contributed by atoms with Gasteiger partial charge in [-0.3, -0.25) is 9.78 Å². The van der Waals surface area contributed by atoms with Crippen molar-refractivity contribution in [3.8, 4) is 11.6 Å². The first-order chi connectivity index (χ1) is 17.9. The van der Waals surface area contributed by atoms with Crippen LogP contribution in [-0.2, 0) is 10.0 Å². The number of nitrogens with one attached hydrogen (secondary N) is 2. The van der Waals surface area contributed by atoms with E-state index < -0.39 is 10.0 Å². The summed E-state index contributed by atoms with van der Waals surface area (Å²) in [5, 5.41) is 14.0. The van der Waals surface area contributed by atoms with Crippen molar-refractivity contribution >= 4 is 38.6 Å². The Balaban J connectivity index is 1.20. The van der Waals surface area contributed by atoms with E-state index in [-0.39, 0.29) is 40.3 Å². The lowest BCUT2D eigenvalue weighted by molar-refractivity contribution is 0.0915. The van der Waals surface area contributed by atoms with Crippen molar-refractivity contribution in [1.82, 2.24) is 20.0 Å². The summed E-state index contributed by atoms with van der Waals surface area (Å²) in [5.74, 6) is 1.89. The molecule has 0 radical (unpaired) electrons. The number of amides is 1. The molecule has 0 atom stereocenters. The number of aromatic hydroxyl groups is 1. The van der Waals surface area contributed by atoms with Gasteiger partial charge in [-0.25, -0.2) is 18.1 Å². The monoisotopic (exact) mass is 542 g/mol. The summed E-state index contributed by atoms with van der Waals surface area (Å²) in [4.78, 5) is 21.3. The third-order valence-corrected chi connectivity index (χ3v) is 9.46. The Morgan fingerprint density at radius 2 is 1.65 bits per heavy atom. The maximum Gasteiger partial charge on any atom is 0.256 e. The van der Waals surface area contributed by atoms with Gasteiger partial charge >= 0.3 is 0 Å². The molecule has 1 amide bonds. The van der Waals surface area contributed by atoms with Crippen LogP contribution in [0.1, 0.15) is 48.9 Å². The molecule has 1 saturated heterocycles. The van der Waals surface area contributed by atoms with Crippen molar-refractivity contribution in [1.29, 1.82) is 0 Å². The van der Waals surface area contributed by atoms with Crippen LogP contribution in [0.15, 0.2) is 53.7 Å². The summed E-state index contributed by atoms with van der Waals surface area (Å²) in [5.41, 5.74) is 0.653. The van der Waals surface area contributed by atoms with Gasteiger partial charge in [-0.1, -0.05) is 6.07 Å². The number of phenolic OH excluding ortho intramolecular Hbond substituents is 1. The molecule has 5 rings (SSSR count). The molecule has 196 valence electrons. The van der Waals surface area contributed by atoms with Gasteiger partial charge in [-0.05, 0) is 80.4 Å². The third kappa shape index (κ3) is 6.00. The Morgan fingerprint density at radius 3 is 2.43 bits per heavy atom. The summed E-state index contributed by atoms with van der Waals surface area (Å²) in [6.07, 6.45) is 7.43.